The molecule has 1 aromatic carbocycles. The summed E-state index contributed by atoms with van der Waals surface area (Å²) in [5.74, 6) is -1.61. The predicted octanol–water partition coefficient (Wildman–Crippen LogP) is 1.32. The Balaban J connectivity index is 2.77. The molecule has 5 heteroatoms. The molecule has 2 N–H and O–H groups in total. The largest absolute Gasteiger partial charge is 0.480 e. The number of hydrogen-bond donors (Lipinski definition) is 2. The molecule has 0 saturated carbocycles. The first-order chi connectivity index (χ1) is 8.58. The van der Waals surface area contributed by atoms with Gasteiger partial charge in [-0.05, 0) is 30.7 Å². The zero-order chi connectivity index (χ0) is 13.5. The minimum absolute atomic E-state index is 0.150. The Kier molecular flexibility index (Phi) is 4.64. The highest BCUT2D eigenvalue weighted by atomic mass is 16.4. The lowest BCUT2D eigenvalue weighted by atomic mass is 10.1. The molecule has 1 aromatic rings. The van der Waals surface area contributed by atoms with Crippen LogP contribution in [0.2, 0.25) is 0 Å². The van der Waals surface area contributed by atoms with Crippen molar-refractivity contribution in [3.05, 3.63) is 48.0 Å². The molecule has 0 radical (unpaired) electrons. The van der Waals surface area contributed by atoms with E-state index in [0.717, 1.165) is 0 Å². The Morgan fingerprint density at radius 3 is 2.50 bits per heavy atom. The van der Waals surface area contributed by atoms with E-state index in [-0.39, 0.29) is 6.42 Å². The van der Waals surface area contributed by atoms with Gasteiger partial charge in [-0.1, -0.05) is 6.08 Å². The summed E-state index contributed by atoms with van der Waals surface area (Å²) in [6.07, 6.45) is 1.58. The summed E-state index contributed by atoms with van der Waals surface area (Å²) in [6, 6.07) is 6.88. The van der Waals surface area contributed by atoms with Crippen LogP contribution in [0.15, 0.2) is 36.9 Å². The van der Waals surface area contributed by atoms with E-state index in [1.165, 1.54) is 30.3 Å². The van der Waals surface area contributed by atoms with E-state index in [1.54, 1.807) is 0 Å². The van der Waals surface area contributed by atoms with Gasteiger partial charge in [0.2, 0.25) is 0 Å². The number of carbonyl (C=O) groups excluding carboxylic acids is 1. The second-order valence-corrected chi connectivity index (χ2v) is 3.58. The quantitative estimate of drug-likeness (QED) is 0.764. The van der Waals surface area contributed by atoms with Crippen LogP contribution in [0, 0.1) is 11.3 Å². The third-order valence-corrected chi connectivity index (χ3v) is 2.28. The molecule has 0 spiro atoms. The van der Waals surface area contributed by atoms with E-state index in [0.29, 0.717) is 11.1 Å². The molecule has 0 aliphatic rings. The molecule has 0 unspecified atom stereocenters. The smallest absolute Gasteiger partial charge is 0.326 e. The molecule has 18 heavy (non-hydrogen) atoms. The van der Waals surface area contributed by atoms with Gasteiger partial charge in [-0.15, -0.1) is 6.58 Å². The molecule has 0 aliphatic heterocycles. The summed E-state index contributed by atoms with van der Waals surface area (Å²) in [4.78, 5) is 22.6. The van der Waals surface area contributed by atoms with Crippen LogP contribution >= 0.6 is 0 Å². The summed E-state index contributed by atoms with van der Waals surface area (Å²) in [5, 5.41) is 19.9. The van der Waals surface area contributed by atoms with E-state index >= 15 is 0 Å². The van der Waals surface area contributed by atoms with Crippen molar-refractivity contribution < 1.29 is 14.7 Å². The first-order valence-electron chi connectivity index (χ1n) is 5.23. The van der Waals surface area contributed by atoms with Crippen molar-refractivity contribution in [2.24, 2.45) is 0 Å². The predicted molar refractivity (Wildman–Crippen MR) is 64.9 cm³/mol. The second-order valence-electron chi connectivity index (χ2n) is 3.58. The number of aliphatic carboxylic acids is 1. The molecule has 1 atom stereocenters. The highest BCUT2D eigenvalue weighted by Crippen LogP contribution is 2.04. The van der Waals surface area contributed by atoms with Crippen LogP contribution in [0.5, 0.6) is 0 Å². The lowest BCUT2D eigenvalue weighted by molar-refractivity contribution is -0.139. The molecule has 0 bridgehead atoms. The number of nitrogens with one attached hydrogen (secondary N) is 1. The monoisotopic (exact) mass is 244 g/mol. The van der Waals surface area contributed by atoms with Gasteiger partial charge in [0.1, 0.15) is 6.04 Å². The van der Waals surface area contributed by atoms with Crippen LogP contribution in [-0.2, 0) is 4.79 Å². The molecule has 0 aromatic heterocycles. The van der Waals surface area contributed by atoms with Gasteiger partial charge in [-0.2, -0.15) is 5.26 Å². The second kappa shape index (κ2) is 6.21. The molecule has 0 aliphatic carbocycles. The van der Waals surface area contributed by atoms with Crippen LogP contribution in [0.1, 0.15) is 22.3 Å². The lowest BCUT2D eigenvalue weighted by Gasteiger charge is -2.12. The summed E-state index contributed by atoms with van der Waals surface area (Å²) >= 11 is 0. The molecule has 1 amide bonds. The fourth-order valence-electron chi connectivity index (χ4n) is 1.33. The summed E-state index contributed by atoms with van der Waals surface area (Å²) in [5.41, 5.74) is 0.747. The number of nitriles is 1. The zero-order valence-electron chi connectivity index (χ0n) is 9.59. The van der Waals surface area contributed by atoms with Gasteiger partial charge in [0, 0.05) is 5.56 Å². The third-order valence-electron chi connectivity index (χ3n) is 2.28. The maximum Gasteiger partial charge on any atom is 0.326 e. The molecule has 0 fully saturated rings. The number of carbonyl (C=O) groups is 2. The SMILES string of the molecule is C=CC[C@H](NC(=O)c1ccc(C#N)cc1)C(=O)O. The Bertz CT molecular complexity index is 500. The van der Waals surface area contributed by atoms with Crippen molar-refractivity contribution in [2.45, 2.75) is 12.5 Å². The fraction of sp³-hybridized carbons (Fsp3) is 0.154. The van der Waals surface area contributed by atoms with Gasteiger partial charge in [0.25, 0.3) is 5.91 Å². The normalized spacial score (nSPS) is 11.1. The first kappa shape index (κ1) is 13.5. The number of carboxylic acid groups (broad SMARTS) is 1. The van der Waals surface area contributed by atoms with E-state index < -0.39 is 17.9 Å². The van der Waals surface area contributed by atoms with E-state index in [9.17, 15) is 9.59 Å². The van der Waals surface area contributed by atoms with Crippen molar-refractivity contribution in [1.29, 1.82) is 5.26 Å². The molecule has 0 heterocycles. The fourth-order valence-corrected chi connectivity index (χ4v) is 1.33. The minimum atomic E-state index is -1.11. The maximum absolute atomic E-state index is 11.7. The topological polar surface area (TPSA) is 90.2 Å². The standard InChI is InChI=1S/C13H12N2O3/c1-2-3-11(13(17)18)15-12(16)10-6-4-9(8-14)5-7-10/h2,4-7,11H,1,3H2,(H,15,16)(H,17,18)/t11-/m0/s1. The maximum atomic E-state index is 11.7. The number of carboxylic acids is 1. The first-order valence-corrected chi connectivity index (χ1v) is 5.23. The van der Waals surface area contributed by atoms with Crippen molar-refractivity contribution in [2.75, 3.05) is 0 Å². The minimum Gasteiger partial charge on any atom is -0.480 e. The molecular weight excluding hydrogens is 232 g/mol. The summed E-state index contributed by atoms with van der Waals surface area (Å²) in [7, 11) is 0. The van der Waals surface area contributed by atoms with Gasteiger partial charge in [-0.25, -0.2) is 4.79 Å². The van der Waals surface area contributed by atoms with Crippen LogP contribution in [0.3, 0.4) is 0 Å². The Morgan fingerprint density at radius 1 is 1.44 bits per heavy atom. The summed E-state index contributed by atoms with van der Waals surface area (Å²) < 4.78 is 0. The lowest BCUT2D eigenvalue weighted by Crippen LogP contribution is -2.40. The van der Waals surface area contributed by atoms with Gasteiger partial charge in [0.15, 0.2) is 0 Å². The van der Waals surface area contributed by atoms with E-state index in [2.05, 4.69) is 11.9 Å². The highest BCUT2D eigenvalue weighted by Gasteiger charge is 2.18. The third kappa shape index (κ3) is 3.46. The number of benzene rings is 1. The number of hydrogen-bond acceptors (Lipinski definition) is 3. The Labute approximate surface area is 104 Å². The van der Waals surface area contributed by atoms with Gasteiger partial charge in [0.05, 0.1) is 11.6 Å². The van der Waals surface area contributed by atoms with Crippen LogP contribution in [-0.4, -0.2) is 23.0 Å². The number of amides is 1. The Morgan fingerprint density at radius 2 is 2.06 bits per heavy atom. The van der Waals surface area contributed by atoms with Gasteiger partial charge >= 0.3 is 5.97 Å². The van der Waals surface area contributed by atoms with Crippen LogP contribution in [0.4, 0.5) is 0 Å². The highest BCUT2D eigenvalue weighted by molar-refractivity contribution is 5.96. The van der Waals surface area contributed by atoms with Gasteiger partial charge in [-0.3, -0.25) is 4.79 Å². The molecule has 5 nitrogen and oxygen atoms in total. The van der Waals surface area contributed by atoms with Crippen molar-refractivity contribution >= 4 is 11.9 Å². The number of nitrogens with zero attached hydrogens (tertiary/aromatic N) is 1. The molecular formula is C13H12N2O3. The zero-order valence-corrected chi connectivity index (χ0v) is 9.59. The molecule has 1 rings (SSSR count). The number of rotatable bonds is 5. The van der Waals surface area contributed by atoms with Gasteiger partial charge < -0.3 is 10.4 Å². The van der Waals surface area contributed by atoms with Crippen LogP contribution < -0.4 is 5.32 Å². The van der Waals surface area contributed by atoms with E-state index in [1.807, 2.05) is 6.07 Å². The van der Waals surface area contributed by atoms with Crippen molar-refractivity contribution in [1.82, 2.24) is 5.32 Å². The Hall–Kier alpha value is -2.61. The molecule has 0 saturated heterocycles. The molecule has 92 valence electrons. The van der Waals surface area contributed by atoms with E-state index in [4.69, 9.17) is 10.4 Å². The average molecular weight is 244 g/mol. The van der Waals surface area contributed by atoms with Crippen molar-refractivity contribution in [3.63, 3.8) is 0 Å². The average Bonchev–Trinajstić information content (AvgIpc) is 2.38. The van der Waals surface area contributed by atoms with Crippen LogP contribution in [0.25, 0.3) is 0 Å². The van der Waals surface area contributed by atoms with Crippen molar-refractivity contribution in [3.8, 4) is 6.07 Å². The summed E-state index contributed by atoms with van der Waals surface area (Å²) in [6.45, 7) is 3.43.